The van der Waals surface area contributed by atoms with Crippen molar-refractivity contribution in [3.63, 3.8) is 0 Å². The van der Waals surface area contributed by atoms with Crippen LogP contribution in [0.25, 0.3) is 6.08 Å². The van der Waals surface area contributed by atoms with E-state index in [0.29, 0.717) is 29.7 Å². The van der Waals surface area contributed by atoms with Gasteiger partial charge in [0.1, 0.15) is 23.7 Å². The molecule has 2 aliphatic heterocycles. The van der Waals surface area contributed by atoms with Gasteiger partial charge in [-0.3, -0.25) is 4.79 Å². The van der Waals surface area contributed by atoms with Crippen LogP contribution in [-0.4, -0.2) is 49.3 Å². The molecule has 188 valence electrons. The van der Waals surface area contributed by atoms with Gasteiger partial charge < -0.3 is 19.1 Å². The molecule has 0 bridgehead atoms. The minimum Gasteiger partial charge on any atom is -0.492 e. The molecule has 0 amide bonds. The van der Waals surface area contributed by atoms with E-state index in [2.05, 4.69) is 11.0 Å². The van der Waals surface area contributed by atoms with E-state index in [1.54, 1.807) is 0 Å². The summed E-state index contributed by atoms with van der Waals surface area (Å²) in [4.78, 5) is 14.4. The monoisotopic (exact) mass is 517 g/mol. The number of nitrogens with zero attached hydrogens (tertiary/aromatic N) is 1. The molecule has 2 aromatic rings. The highest BCUT2D eigenvalue weighted by molar-refractivity contribution is 6.37. The normalized spacial score (nSPS) is 17.4. The highest BCUT2D eigenvalue weighted by atomic mass is 35.5. The summed E-state index contributed by atoms with van der Waals surface area (Å²) in [6.07, 6.45) is 6.22. The van der Waals surface area contributed by atoms with E-state index in [9.17, 15) is 4.79 Å². The fraction of sp³-hybridized carbons (Fsp3) is 0.464. The quantitative estimate of drug-likeness (QED) is 0.390. The Kier molecular flexibility index (Phi) is 7.99. The van der Waals surface area contributed by atoms with Crippen molar-refractivity contribution in [3.05, 3.63) is 63.6 Å². The lowest BCUT2D eigenvalue weighted by Gasteiger charge is -2.38. The standard InChI is InChI=1S/C28H33Cl2NO4/c1-27(2,3)35-26(32)11-14-31-15-12-28(13-16-31)19-34-25-18-20(9-10-22(25)28)33-17-5-6-21-23(29)7-4-8-24(21)30/h4-10,18H,11-17,19H2,1-3H3. The minimum absolute atomic E-state index is 0.0387. The van der Waals surface area contributed by atoms with E-state index in [-0.39, 0.29) is 11.4 Å². The van der Waals surface area contributed by atoms with E-state index in [4.69, 9.17) is 37.4 Å². The van der Waals surface area contributed by atoms with Crippen molar-refractivity contribution in [2.45, 2.75) is 51.0 Å². The predicted octanol–water partition coefficient (Wildman–Crippen LogP) is 6.54. The fourth-order valence-electron chi connectivity index (χ4n) is 4.68. The number of fused-ring (bicyclic) bond motifs is 2. The topological polar surface area (TPSA) is 48.0 Å². The summed E-state index contributed by atoms with van der Waals surface area (Å²) in [7, 11) is 0. The van der Waals surface area contributed by atoms with Crippen LogP contribution < -0.4 is 9.47 Å². The molecule has 5 nitrogen and oxygen atoms in total. The zero-order valence-electron chi connectivity index (χ0n) is 20.6. The van der Waals surface area contributed by atoms with Crippen LogP contribution in [-0.2, 0) is 14.9 Å². The Labute approximate surface area is 217 Å². The third-order valence-electron chi connectivity index (χ3n) is 6.52. The average Bonchev–Trinajstić information content (AvgIpc) is 3.14. The highest BCUT2D eigenvalue weighted by Crippen LogP contribution is 2.46. The van der Waals surface area contributed by atoms with E-state index in [0.717, 1.165) is 49.5 Å². The van der Waals surface area contributed by atoms with Gasteiger partial charge in [0.05, 0.1) is 13.0 Å². The summed E-state index contributed by atoms with van der Waals surface area (Å²) in [5.41, 5.74) is 1.65. The van der Waals surface area contributed by atoms with Gasteiger partial charge in [0.2, 0.25) is 0 Å². The third kappa shape index (κ3) is 6.52. The Morgan fingerprint density at radius 3 is 2.54 bits per heavy atom. The summed E-state index contributed by atoms with van der Waals surface area (Å²) in [6.45, 7) is 9.41. The molecule has 0 atom stereocenters. The van der Waals surface area contributed by atoms with Gasteiger partial charge in [-0.25, -0.2) is 0 Å². The Balaban J connectivity index is 1.29. The smallest absolute Gasteiger partial charge is 0.307 e. The molecule has 0 radical (unpaired) electrons. The Morgan fingerprint density at radius 1 is 1.14 bits per heavy atom. The number of piperidine rings is 1. The first kappa shape index (κ1) is 25.9. The lowest BCUT2D eigenvalue weighted by atomic mass is 9.74. The molecule has 1 fully saturated rings. The van der Waals surface area contributed by atoms with E-state index in [1.807, 2.05) is 63.3 Å². The molecule has 0 N–H and O–H groups in total. The predicted molar refractivity (Wildman–Crippen MR) is 141 cm³/mol. The number of ether oxygens (including phenoxy) is 3. The zero-order valence-corrected chi connectivity index (χ0v) is 22.1. The molecule has 2 heterocycles. The number of rotatable bonds is 7. The van der Waals surface area contributed by atoms with Gasteiger partial charge in [-0.05, 0) is 71.0 Å². The fourth-order valence-corrected chi connectivity index (χ4v) is 5.21. The minimum atomic E-state index is -0.434. The van der Waals surface area contributed by atoms with Crippen LogP contribution in [0.2, 0.25) is 10.0 Å². The Bertz CT molecular complexity index is 1060. The maximum absolute atomic E-state index is 12.0. The van der Waals surface area contributed by atoms with Crippen molar-refractivity contribution < 1.29 is 19.0 Å². The van der Waals surface area contributed by atoms with Gasteiger partial charge in [-0.2, -0.15) is 0 Å². The molecular weight excluding hydrogens is 485 g/mol. The molecular formula is C28H33Cl2NO4. The van der Waals surface area contributed by atoms with Crippen molar-refractivity contribution in [1.82, 2.24) is 4.90 Å². The number of esters is 1. The number of hydrogen-bond acceptors (Lipinski definition) is 5. The maximum Gasteiger partial charge on any atom is 0.307 e. The van der Waals surface area contributed by atoms with Crippen LogP contribution in [0.5, 0.6) is 11.5 Å². The van der Waals surface area contributed by atoms with Gasteiger partial charge in [-0.15, -0.1) is 0 Å². The van der Waals surface area contributed by atoms with Crippen molar-refractivity contribution in [2.24, 2.45) is 0 Å². The summed E-state index contributed by atoms with van der Waals surface area (Å²) in [6, 6.07) is 11.6. The number of halogens is 2. The van der Waals surface area contributed by atoms with Gasteiger partial charge in [0.15, 0.2) is 0 Å². The van der Waals surface area contributed by atoms with E-state index < -0.39 is 5.60 Å². The van der Waals surface area contributed by atoms with Crippen LogP contribution in [0.1, 0.15) is 51.2 Å². The first-order valence-electron chi connectivity index (χ1n) is 12.1. The Hall–Kier alpha value is -2.21. The van der Waals surface area contributed by atoms with Crippen molar-refractivity contribution in [2.75, 3.05) is 32.8 Å². The van der Waals surface area contributed by atoms with E-state index in [1.165, 1.54) is 5.56 Å². The molecule has 0 aliphatic carbocycles. The Morgan fingerprint density at radius 2 is 1.86 bits per heavy atom. The number of likely N-dealkylation sites (tertiary alicyclic amines) is 1. The summed E-state index contributed by atoms with van der Waals surface area (Å²) >= 11 is 12.4. The van der Waals surface area contributed by atoms with Crippen LogP contribution in [0.3, 0.4) is 0 Å². The molecule has 1 spiro atoms. The maximum atomic E-state index is 12.0. The molecule has 0 saturated carbocycles. The van der Waals surface area contributed by atoms with Gasteiger partial charge >= 0.3 is 5.97 Å². The third-order valence-corrected chi connectivity index (χ3v) is 7.18. The number of carbonyl (C=O) groups is 1. The zero-order chi connectivity index (χ0) is 25.1. The van der Waals surface area contributed by atoms with Crippen molar-refractivity contribution >= 4 is 35.2 Å². The molecule has 1 saturated heterocycles. The number of hydrogen-bond donors (Lipinski definition) is 0. The second-order valence-electron chi connectivity index (χ2n) is 10.3. The molecule has 4 rings (SSSR count). The van der Waals surface area contributed by atoms with Crippen LogP contribution in [0.15, 0.2) is 42.5 Å². The molecule has 7 heteroatoms. The number of carbonyl (C=O) groups excluding carboxylic acids is 1. The second kappa shape index (κ2) is 10.8. The SMILES string of the molecule is CC(C)(C)OC(=O)CCN1CCC2(CC1)COc1cc(OCC=Cc3c(Cl)cccc3Cl)ccc12. The van der Waals surface area contributed by atoms with Crippen LogP contribution in [0, 0.1) is 0 Å². The highest BCUT2D eigenvalue weighted by Gasteiger charge is 2.43. The largest absolute Gasteiger partial charge is 0.492 e. The molecule has 35 heavy (non-hydrogen) atoms. The lowest BCUT2D eigenvalue weighted by molar-refractivity contribution is -0.155. The molecule has 0 unspecified atom stereocenters. The van der Waals surface area contributed by atoms with Crippen molar-refractivity contribution in [1.29, 1.82) is 0 Å². The second-order valence-corrected chi connectivity index (χ2v) is 11.1. The summed E-state index contributed by atoms with van der Waals surface area (Å²) in [5, 5.41) is 1.22. The summed E-state index contributed by atoms with van der Waals surface area (Å²) in [5.74, 6) is 1.54. The average molecular weight is 518 g/mol. The van der Waals surface area contributed by atoms with Crippen molar-refractivity contribution in [3.8, 4) is 11.5 Å². The van der Waals surface area contributed by atoms with Crippen LogP contribution >= 0.6 is 23.2 Å². The molecule has 2 aliphatic rings. The molecule has 0 aromatic heterocycles. The lowest BCUT2D eigenvalue weighted by Crippen LogP contribution is -2.44. The number of benzene rings is 2. The first-order chi connectivity index (χ1) is 16.7. The van der Waals surface area contributed by atoms with Crippen LogP contribution in [0.4, 0.5) is 0 Å². The van der Waals surface area contributed by atoms with Gasteiger partial charge in [0, 0.05) is 39.2 Å². The molecule has 2 aromatic carbocycles. The van der Waals surface area contributed by atoms with Gasteiger partial charge in [-0.1, -0.05) is 41.4 Å². The summed E-state index contributed by atoms with van der Waals surface area (Å²) < 4.78 is 17.4. The van der Waals surface area contributed by atoms with Gasteiger partial charge in [0.25, 0.3) is 0 Å². The first-order valence-corrected chi connectivity index (χ1v) is 12.9. The van der Waals surface area contributed by atoms with E-state index >= 15 is 0 Å².